The van der Waals surface area contributed by atoms with Crippen LogP contribution in [0.5, 0.6) is 0 Å². The molecule has 1 unspecified atom stereocenters. The highest BCUT2D eigenvalue weighted by Gasteiger charge is 2.38. The van der Waals surface area contributed by atoms with E-state index in [9.17, 15) is 0 Å². The molecule has 1 aromatic heterocycles. The summed E-state index contributed by atoms with van der Waals surface area (Å²) in [6, 6.07) is 6.53. The Labute approximate surface area is 124 Å². The van der Waals surface area contributed by atoms with E-state index in [0.29, 0.717) is 0 Å². The second-order valence-corrected chi connectivity index (χ2v) is 6.07. The summed E-state index contributed by atoms with van der Waals surface area (Å²) in [5.74, 6) is 0.818. The third-order valence-corrected chi connectivity index (χ3v) is 4.74. The van der Waals surface area contributed by atoms with Gasteiger partial charge in [-0.15, -0.1) is 0 Å². The molecule has 0 saturated carbocycles. The van der Waals surface area contributed by atoms with Gasteiger partial charge < -0.3 is 5.73 Å². The normalized spacial score (nSPS) is 23.9. The number of benzene rings is 1. The predicted molar refractivity (Wildman–Crippen MR) is 83.1 cm³/mol. The Morgan fingerprint density at radius 3 is 2.62 bits per heavy atom. The molecule has 2 N–H and O–H groups in total. The molecule has 4 heteroatoms. The highest BCUT2D eigenvalue weighted by Crippen LogP contribution is 2.41. The van der Waals surface area contributed by atoms with E-state index in [-0.39, 0.29) is 5.54 Å². The lowest BCUT2D eigenvalue weighted by molar-refractivity contribution is 0.375. The maximum Gasteiger partial charge on any atom is 0.115 e. The molecule has 0 amide bonds. The topological polar surface area (TPSA) is 64.2 Å². The van der Waals surface area contributed by atoms with E-state index < -0.39 is 0 Å². The quantitative estimate of drug-likeness (QED) is 0.871. The minimum Gasteiger partial charge on any atom is -0.387 e. The average molecular weight is 278 g/mol. The molecule has 0 fully saturated rings. The summed E-state index contributed by atoms with van der Waals surface area (Å²) in [7, 11) is 0. The van der Waals surface area contributed by atoms with E-state index in [0.717, 1.165) is 43.5 Å². The third-order valence-electron chi connectivity index (χ3n) is 4.74. The minimum atomic E-state index is 0.0306. The molecule has 0 radical (unpaired) electrons. The third kappa shape index (κ3) is 2.11. The molecule has 1 atom stereocenters. The van der Waals surface area contributed by atoms with E-state index in [1.807, 2.05) is 12.4 Å². The molecule has 1 spiro atoms. The number of aliphatic imine (C=N–C) groups is 1. The van der Waals surface area contributed by atoms with E-state index in [1.165, 1.54) is 16.7 Å². The van der Waals surface area contributed by atoms with Crippen molar-refractivity contribution in [2.24, 2.45) is 10.7 Å². The molecule has 2 aliphatic rings. The van der Waals surface area contributed by atoms with Crippen molar-refractivity contribution in [1.82, 2.24) is 9.97 Å². The van der Waals surface area contributed by atoms with Crippen molar-refractivity contribution in [3.8, 4) is 11.1 Å². The van der Waals surface area contributed by atoms with Crippen LogP contribution in [0.1, 0.15) is 30.4 Å². The van der Waals surface area contributed by atoms with Gasteiger partial charge in [-0.2, -0.15) is 0 Å². The van der Waals surface area contributed by atoms with Gasteiger partial charge in [0, 0.05) is 24.4 Å². The second-order valence-electron chi connectivity index (χ2n) is 6.07. The first-order valence-corrected chi connectivity index (χ1v) is 7.46. The van der Waals surface area contributed by atoms with E-state index >= 15 is 0 Å². The Hall–Kier alpha value is -2.23. The molecule has 4 nitrogen and oxygen atoms in total. The van der Waals surface area contributed by atoms with Crippen molar-refractivity contribution in [2.45, 2.75) is 37.6 Å². The van der Waals surface area contributed by atoms with E-state index in [4.69, 9.17) is 10.7 Å². The molecular formula is C17H18N4. The number of aryl methyl sites for hydroxylation is 1. The van der Waals surface area contributed by atoms with Crippen LogP contribution >= 0.6 is 0 Å². The largest absolute Gasteiger partial charge is 0.387 e. The lowest BCUT2D eigenvalue weighted by atomic mass is 9.75. The zero-order valence-corrected chi connectivity index (χ0v) is 11.9. The van der Waals surface area contributed by atoms with Crippen LogP contribution in [0.25, 0.3) is 11.1 Å². The zero-order chi connectivity index (χ0) is 14.3. The van der Waals surface area contributed by atoms with Gasteiger partial charge in [0.25, 0.3) is 0 Å². The molecule has 2 aromatic rings. The van der Waals surface area contributed by atoms with Gasteiger partial charge in [0.1, 0.15) is 6.33 Å². The van der Waals surface area contributed by atoms with Crippen molar-refractivity contribution in [1.29, 1.82) is 0 Å². The average Bonchev–Trinajstić information content (AvgIpc) is 2.88. The molecule has 4 rings (SSSR count). The number of fused-ring (bicyclic) bond motifs is 1. The fraction of sp³-hybridized carbons (Fsp3) is 0.353. The van der Waals surface area contributed by atoms with Gasteiger partial charge in [0.05, 0.1) is 11.4 Å². The summed E-state index contributed by atoms with van der Waals surface area (Å²) in [5.41, 5.74) is 11.1. The molecule has 2 heterocycles. The van der Waals surface area contributed by atoms with Crippen molar-refractivity contribution in [2.75, 3.05) is 0 Å². The second kappa shape index (κ2) is 4.65. The Morgan fingerprint density at radius 1 is 1.05 bits per heavy atom. The molecule has 1 aliphatic heterocycles. The van der Waals surface area contributed by atoms with Crippen LogP contribution in [-0.4, -0.2) is 21.3 Å². The predicted octanol–water partition coefficient (Wildman–Crippen LogP) is 2.52. The maximum atomic E-state index is 5.94. The molecular weight excluding hydrogens is 260 g/mol. The maximum absolute atomic E-state index is 5.94. The highest BCUT2D eigenvalue weighted by atomic mass is 15.0. The van der Waals surface area contributed by atoms with Crippen molar-refractivity contribution >= 4 is 5.84 Å². The molecule has 21 heavy (non-hydrogen) atoms. The first-order valence-electron chi connectivity index (χ1n) is 7.46. The molecule has 1 aliphatic carbocycles. The van der Waals surface area contributed by atoms with Crippen molar-refractivity contribution in [3.05, 3.63) is 48.0 Å². The summed E-state index contributed by atoms with van der Waals surface area (Å²) in [6.07, 6.45) is 10.5. The fourth-order valence-corrected chi connectivity index (χ4v) is 3.66. The first kappa shape index (κ1) is 12.5. The fourth-order valence-electron chi connectivity index (χ4n) is 3.66. The Morgan fingerprint density at radius 2 is 1.86 bits per heavy atom. The number of nitrogens with zero attached hydrogens (tertiary/aromatic N) is 3. The molecule has 0 saturated heterocycles. The van der Waals surface area contributed by atoms with Crippen LogP contribution in [0.2, 0.25) is 0 Å². The van der Waals surface area contributed by atoms with Crippen LogP contribution in [0, 0.1) is 0 Å². The van der Waals surface area contributed by atoms with Crippen LogP contribution in [0.15, 0.2) is 41.9 Å². The Kier molecular flexibility index (Phi) is 2.77. The number of rotatable bonds is 1. The van der Waals surface area contributed by atoms with Gasteiger partial charge in [-0.05, 0) is 42.4 Å². The molecule has 1 aromatic carbocycles. The van der Waals surface area contributed by atoms with Crippen LogP contribution in [-0.2, 0) is 12.8 Å². The monoisotopic (exact) mass is 278 g/mol. The van der Waals surface area contributed by atoms with E-state index in [2.05, 4.69) is 28.2 Å². The number of amidine groups is 1. The molecule has 106 valence electrons. The van der Waals surface area contributed by atoms with Gasteiger partial charge in [-0.3, -0.25) is 4.99 Å². The lowest BCUT2D eigenvalue weighted by Gasteiger charge is -2.33. The Balaban J connectivity index is 1.80. The summed E-state index contributed by atoms with van der Waals surface area (Å²) in [6.45, 7) is 0. The number of hydrogen-bond donors (Lipinski definition) is 1. The van der Waals surface area contributed by atoms with Gasteiger partial charge in [-0.1, -0.05) is 18.2 Å². The summed E-state index contributed by atoms with van der Waals surface area (Å²) in [5, 5.41) is 0. The van der Waals surface area contributed by atoms with Gasteiger partial charge >= 0.3 is 0 Å². The first-order chi connectivity index (χ1) is 10.3. The highest BCUT2D eigenvalue weighted by molar-refractivity contribution is 5.83. The number of aromatic nitrogens is 2. The summed E-state index contributed by atoms with van der Waals surface area (Å²) in [4.78, 5) is 13.1. The minimum absolute atomic E-state index is 0.0306. The van der Waals surface area contributed by atoms with Gasteiger partial charge in [0.2, 0.25) is 0 Å². The Bertz CT molecular complexity index is 708. The summed E-state index contributed by atoms with van der Waals surface area (Å²) < 4.78 is 0. The van der Waals surface area contributed by atoms with Crippen LogP contribution in [0.4, 0.5) is 0 Å². The van der Waals surface area contributed by atoms with Gasteiger partial charge in [-0.25, -0.2) is 9.97 Å². The summed E-state index contributed by atoms with van der Waals surface area (Å²) >= 11 is 0. The smallest absolute Gasteiger partial charge is 0.115 e. The lowest BCUT2D eigenvalue weighted by Crippen LogP contribution is -2.32. The van der Waals surface area contributed by atoms with Crippen LogP contribution < -0.4 is 5.73 Å². The SMILES string of the molecule is NC1=NC2(CC1)CCc1cccc(-c3cncnc3)c1C2. The standard InChI is InChI=1S/C17H18N4/c18-16-5-7-17(21-16)6-4-12-2-1-3-14(15(12)8-17)13-9-19-11-20-10-13/h1-3,9-11H,4-8H2,(H2,18,21). The van der Waals surface area contributed by atoms with Crippen LogP contribution in [0.3, 0.4) is 0 Å². The van der Waals surface area contributed by atoms with Crippen molar-refractivity contribution in [3.63, 3.8) is 0 Å². The van der Waals surface area contributed by atoms with Crippen molar-refractivity contribution < 1.29 is 0 Å². The number of nitrogens with two attached hydrogens (primary N) is 1. The van der Waals surface area contributed by atoms with Gasteiger partial charge in [0.15, 0.2) is 0 Å². The zero-order valence-electron chi connectivity index (χ0n) is 11.9. The van der Waals surface area contributed by atoms with E-state index in [1.54, 1.807) is 6.33 Å². The molecule has 0 bridgehead atoms. The number of hydrogen-bond acceptors (Lipinski definition) is 4.